The SMILES string of the molecule is CC(C)(C)OC(=O)N[C@@H](CCl)Cc1cc(F)c(F)cc1F. The van der Waals surface area contributed by atoms with Gasteiger partial charge in [-0.1, -0.05) is 0 Å². The summed E-state index contributed by atoms with van der Waals surface area (Å²) >= 11 is 5.70. The Morgan fingerprint density at radius 2 is 1.81 bits per heavy atom. The van der Waals surface area contributed by atoms with Crippen molar-refractivity contribution in [2.75, 3.05) is 5.88 Å². The first kappa shape index (κ1) is 17.6. The lowest BCUT2D eigenvalue weighted by Crippen LogP contribution is -2.41. The highest BCUT2D eigenvalue weighted by Crippen LogP contribution is 2.16. The van der Waals surface area contributed by atoms with Gasteiger partial charge < -0.3 is 10.1 Å². The van der Waals surface area contributed by atoms with E-state index in [1.165, 1.54) is 0 Å². The molecule has 1 aromatic carbocycles. The van der Waals surface area contributed by atoms with Crippen LogP contribution in [0.4, 0.5) is 18.0 Å². The van der Waals surface area contributed by atoms with Crippen molar-refractivity contribution in [3.05, 3.63) is 35.1 Å². The highest BCUT2D eigenvalue weighted by atomic mass is 35.5. The average molecular weight is 324 g/mol. The number of alkyl carbamates (subject to hydrolysis) is 1. The average Bonchev–Trinajstić information content (AvgIpc) is 2.32. The third kappa shape index (κ3) is 5.83. The molecule has 1 amide bonds. The number of nitrogens with one attached hydrogen (secondary N) is 1. The molecule has 0 heterocycles. The Morgan fingerprint density at radius 3 is 2.33 bits per heavy atom. The van der Waals surface area contributed by atoms with Gasteiger partial charge in [-0.15, -0.1) is 11.6 Å². The largest absolute Gasteiger partial charge is 0.444 e. The van der Waals surface area contributed by atoms with E-state index in [4.69, 9.17) is 16.3 Å². The Kier molecular flexibility index (Phi) is 5.89. The maximum Gasteiger partial charge on any atom is 0.407 e. The van der Waals surface area contributed by atoms with Gasteiger partial charge in [0.2, 0.25) is 0 Å². The molecule has 0 bridgehead atoms. The molecule has 0 aromatic heterocycles. The molecule has 0 fully saturated rings. The van der Waals surface area contributed by atoms with E-state index in [1.807, 2.05) is 0 Å². The summed E-state index contributed by atoms with van der Waals surface area (Å²) in [6.45, 7) is 5.08. The molecular weight excluding hydrogens is 307 g/mol. The molecule has 3 nitrogen and oxygen atoms in total. The van der Waals surface area contributed by atoms with Gasteiger partial charge in [0.15, 0.2) is 11.6 Å². The number of ether oxygens (including phenoxy) is 1. The molecule has 7 heteroatoms. The fourth-order valence-corrected chi connectivity index (χ4v) is 1.79. The molecule has 1 atom stereocenters. The Hall–Kier alpha value is -1.43. The van der Waals surface area contributed by atoms with Gasteiger partial charge >= 0.3 is 6.09 Å². The van der Waals surface area contributed by atoms with E-state index < -0.39 is 35.2 Å². The maximum atomic E-state index is 13.5. The molecule has 0 saturated carbocycles. The first-order valence-electron chi connectivity index (χ1n) is 6.31. The highest BCUT2D eigenvalue weighted by Gasteiger charge is 2.21. The summed E-state index contributed by atoms with van der Waals surface area (Å²) in [7, 11) is 0. The zero-order chi connectivity index (χ0) is 16.2. The summed E-state index contributed by atoms with van der Waals surface area (Å²) in [5.41, 5.74) is -0.760. The van der Waals surface area contributed by atoms with Crippen LogP contribution < -0.4 is 5.32 Å². The van der Waals surface area contributed by atoms with Crippen molar-refractivity contribution in [1.29, 1.82) is 0 Å². The van der Waals surface area contributed by atoms with Gasteiger partial charge in [-0.25, -0.2) is 18.0 Å². The van der Waals surface area contributed by atoms with Gasteiger partial charge in [0.1, 0.15) is 11.4 Å². The van der Waals surface area contributed by atoms with Crippen LogP contribution in [0.25, 0.3) is 0 Å². The molecule has 1 rings (SSSR count). The number of halogens is 4. The quantitative estimate of drug-likeness (QED) is 0.676. The fraction of sp³-hybridized carbons (Fsp3) is 0.500. The second kappa shape index (κ2) is 7.02. The zero-order valence-corrected chi connectivity index (χ0v) is 12.7. The standard InChI is InChI=1S/C14H17ClF3NO2/c1-14(2,3)21-13(20)19-9(7-15)4-8-5-11(17)12(18)6-10(8)16/h5-6,9H,4,7H2,1-3H3,(H,19,20)/t9-/m1/s1. The monoisotopic (exact) mass is 323 g/mol. The van der Waals surface area contributed by atoms with Crippen LogP contribution in [0.1, 0.15) is 26.3 Å². The van der Waals surface area contributed by atoms with Crippen molar-refractivity contribution in [2.45, 2.75) is 38.8 Å². The maximum absolute atomic E-state index is 13.5. The summed E-state index contributed by atoms with van der Waals surface area (Å²) in [5, 5.41) is 2.46. The number of benzene rings is 1. The summed E-state index contributed by atoms with van der Waals surface area (Å²) < 4.78 is 44.5. The predicted octanol–water partition coefficient (Wildman–Crippen LogP) is 3.78. The van der Waals surface area contributed by atoms with Crippen molar-refractivity contribution in [1.82, 2.24) is 5.32 Å². The van der Waals surface area contributed by atoms with E-state index >= 15 is 0 Å². The van der Waals surface area contributed by atoms with Crippen molar-refractivity contribution in [2.24, 2.45) is 0 Å². The van der Waals surface area contributed by atoms with Crippen LogP contribution in [-0.4, -0.2) is 23.6 Å². The molecular formula is C14H17ClF3NO2. The van der Waals surface area contributed by atoms with Gasteiger partial charge in [0, 0.05) is 18.0 Å². The molecule has 0 unspecified atom stereocenters. The van der Waals surface area contributed by atoms with Gasteiger partial charge in [-0.2, -0.15) is 0 Å². The second-order valence-corrected chi connectivity index (χ2v) is 5.87. The zero-order valence-electron chi connectivity index (χ0n) is 12.0. The van der Waals surface area contributed by atoms with Crippen LogP contribution in [0.5, 0.6) is 0 Å². The van der Waals surface area contributed by atoms with Crippen molar-refractivity contribution in [3.63, 3.8) is 0 Å². The first-order chi connectivity index (χ1) is 9.62. The number of amides is 1. The summed E-state index contributed by atoms with van der Waals surface area (Å²) in [6, 6.07) is 0.547. The summed E-state index contributed by atoms with van der Waals surface area (Å²) in [5.74, 6) is -3.34. The molecule has 0 radical (unpaired) electrons. The van der Waals surface area contributed by atoms with Crippen LogP contribution in [0.15, 0.2) is 12.1 Å². The van der Waals surface area contributed by atoms with E-state index in [0.29, 0.717) is 6.07 Å². The number of carbonyl (C=O) groups excluding carboxylic acids is 1. The van der Waals surface area contributed by atoms with E-state index in [2.05, 4.69) is 5.32 Å². The van der Waals surface area contributed by atoms with Crippen LogP contribution in [-0.2, 0) is 11.2 Å². The van der Waals surface area contributed by atoms with Gasteiger partial charge in [0.25, 0.3) is 0 Å². The second-order valence-electron chi connectivity index (χ2n) is 5.56. The Morgan fingerprint density at radius 1 is 1.24 bits per heavy atom. The Labute approximate surface area is 126 Å². The summed E-state index contributed by atoms with van der Waals surface area (Å²) in [4.78, 5) is 11.6. The molecule has 0 aliphatic carbocycles. The highest BCUT2D eigenvalue weighted by molar-refractivity contribution is 6.18. The van der Waals surface area contributed by atoms with Crippen molar-refractivity contribution >= 4 is 17.7 Å². The van der Waals surface area contributed by atoms with E-state index in [1.54, 1.807) is 20.8 Å². The summed E-state index contributed by atoms with van der Waals surface area (Å²) in [6.07, 6.45) is -0.790. The van der Waals surface area contributed by atoms with Crippen LogP contribution >= 0.6 is 11.6 Å². The minimum absolute atomic E-state index is 0.0301. The smallest absolute Gasteiger partial charge is 0.407 e. The van der Waals surface area contributed by atoms with E-state index in [0.717, 1.165) is 6.07 Å². The lowest BCUT2D eigenvalue weighted by atomic mass is 10.1. The molecule has 0 spiro atoms. The Balaban J connectivity index is 2.75. The number of hydrogen-bond donors (Lipinski definition) is 1. The third-order valence-corrected chi connectivity index (χ3v) is 2.84. The third-order valence-electron chi connectivity index (χ3n) is 2.46. The minimum Gasteiger partial charge on any atom is -0.444 e. The number of rotatable bonds is 4. The minimum atomic E-state index is -1.27. The molecule has 118 valence electrons. The van der Waals surface area contributed by atoms with Gasteiger partial charge in [0.05, 0.1) is 0 Å². The Bertz CT molecular complexity index is 518. The molecule has 0 aliphatic rings. The van der Waals surface area contributed by atoms with Crippen LogP contribution in [0.3, 0.4) is 0 Å². The van der Waals surface area contributed by atoms with Crippen LogP contribution in [0, 0.1) is 17.5 Å². The van der Waals surface area contributed by atoms with E-state index in [9.17, 15) is 18.0 Å². The van der Waals surface area contributed by atoms with Gasteiger partial charge in [-0.05, 0) is 38.8 Å². The fourth-order valence-electron chi connectivity index (χ4n) is 1.60. The normalized spacial score (nSPS) is 12.9. The number of hydrogen-bond acceptors (Lipinski definition) is 2. The lowest BCUT2D eigenvalue weighted by molar-refractivity contribution is 0.0509. The molecule has 0 aliphatic heterocycles. The predicted molar refractivity (Wildman–Crippen MR) is 73.9 cm³/mol. The first-order valence-corrected chi connectivity index (χ1v) is 6.84. The number of alkyl halides is 1. The molecule has 1 N–H and O–H groups in total. The topological polar surface area (TPSA) is 38.3 Å². The molecule has 21 heavy (non-hydrogen) atoms. The molecule has 1 aromatic rings. The van der Waals surface area contributed by atoms with Crippen molar-refractivity contribution in [3.8, 4) is 0 Å². The van der Waals surface area contributed by atoms with Gasteiger partial charge in [-0.3, -0.25) is 0 Å². The lowest BCUT2D eigenvalue weighted by Gasteiger charge is -2.22. The van der Waals surface area contributed by atoms with E-state index in [-0.39, 0.29) is 17.9 Å². The van der Waals surface area contributed by atoms with Crippen molar-refractivity contribution < 1.29 is 22.7 Å². The van der Waals surface area contributed by atoms with Crippen LogP contribution in [0.2, 0.25) is 0 Å². The number of carbonyl (C=O) groups is 1. The molecule has 0 saturated heterocycles.